The van der Waals surface area contributed by atoms with Crippen molar-refractivity contribution in [3.8, 4) is 0 Å². The van der Waals surface area contributed by atoms with Gasteiger partial charge in [-0.2, -0.15) is 0 Å². The number of nitrogens with zero attached hydrogens (tertiary/aromatic N) is 2. The Morgan fingerprint density at radius 2 is 1.87 bits per heavy atom. The van der Waals surface area contributed by atoms with E-state index in [4.69, 9.17) is 9.73 Å². The maximum Gasteiger partial charge on any atom is 0.251 e. The van der Waals surface area contributed by atoms with Crippen molar-refractivity contribution in [3.05, 3.63) is 71.3 Å². The number of morpholine rings is 1. The molecule has 1 amide bonds. The number of amides is 1. The number of aliphatic imine (C=N–C) groups is 1. The first kappa shape index (κ1) is 24.1. The number of rotatable bonds is 6. The van der Waals surface area contributed by atoms with Crippen LogP contribution in [0.3, 0.4) is 0 Å². The molecule has 2 aromatic rings. The van der Waals surface area contributed by atoms with Gasteiger partial charge in [0.2, 0.25) is 0 Å². The molecule has 6 nitrogen and oxygen atoms in total. The molecule has 0 bridgehead atoms. The van der Waals surface area contributed by atoms with E-state index in [1.54, 1.807) is 0 Å². The first-order valence-corrected chi connectivity index (χ1v) is 10.2. The molecule has 30 heavy (non-hydrogen) atoms. The summed E-state index contributed by atoms with van der Waals surface area (Å²) in [6.07, 6.45) is 0.0339. The average Bonchev–Trinajstić information content (AvgIpc) is 2.77. The lowest BCUT2D eigenvalue weighted by Crippen LogP contribution is -2.48. The third-order valence-electron chi connectivity index (χ3n) is 4.93. The summed E-state index contributed by atoms with van der Waals surface area (Å²) < 4.78 is 6.03. The Hall–Kier alpha value is -2.13. The van der Waals surface area contributed by atoms with Crippen molar-refractivity contribution in [2.75, 3.05) is 39.3 Å². The number of hydrogen-bond donors (Lipinski definition) is 2. The van der Waals surface area contributed by atoms with Crippen LogP contribution in [0.5, 0.6) is 0 Å². The number of carbonyl (C=O) groups is 1. The van der Waals surface area contributed by atoms with Crippen molar-refractivity contribution in [1.82, 2.24) is 15.5 Å². The molecule has 0 saturated carbocycles. The van der Waals surface area contributed by atoms with Gasteiger partial charge in [0.1, 0.15) is 6.10 Å². The fourth-order valence-electron chi connectivity index (χ4n) is 3.43. The van der Waals surface area contributed by atoms with Gasteiger partial charge in [0.25, 0.3) is 5.91 Å². The number of carbonyl (C=O) groups excluding carboxylic acids is 1. The van der Waals surface area contributed by atoms with Crippen LogP contribution >= 0.6 is 24.0 Å². The lowest BCUT2D eigenvalue weighted by atomic mass is 10.0. The molecule has 0 aromatic heterocycles. The van der Waals surface area contributed by atoms with Crippen molar-refractivity contribution >= 4 is 35.8 Å². The van der Waals surface area contributed by atoms with Crippen molar-refractivity contribution in [3.63, 3.8) is 0 Å². The largest absolute Gasteiger partial charge is 0.370 e. The Labute approximate surface area is 196 Å². The van der Waals surface area contributed by atoms with Gasteiger partial charge < -0.3 is 20.3 Å². The van der Waals surface area contributed by atoms with Crippen LogP contribution in [0.25, 0.3) is 0 Å². The topological polar surface area (TPSA) is 66.0 Å². The summed E-state index contributed by atoms with van der Waals surface area (Å²) in [7, 11) is 0. The summed E-state index contributed by atoms with van der Waals surface area (Å²) in [6, 6.07) is 17.6. The number of guanidine groups is 1. The molecule has 1 saturated heterocycles. The van der Waals surface area contributed by atoms with Crippen LogP contribution in [0.15, 0.2) is 59.6 Å². The zero-order chi connectivity index (χ0) is 20.5. The van der Waals surface area contributed by atoms with Gasteiger partial charge >= 0.3 is 0 Å². The van der Waals surface area contributed by atoms with Crippen LogP contribution in [0, 0.1) is 6.92 Å². The maximum atomic E-state index is 12.1. The number of halogens is 1. The zero-order valence-corrected chi connectivity index (χ0v) is 20.0. The molecule has 0 spiro atoms. The minimum atomic E-state index is -0.0724. The lowest BCUT2D eigenvalue weighted by Gasteiger charge is -2.35. The van der Waals surface area contributed by atoms with Gasteiger partial charge in [0.05, 0.1) is 19.7 Å². The molecule has 1 atom stereocenters. The molecule has 1 unspecified atom stereocenters. The quantitative estimate of drug-likeness (QED) is 0.264. The highest BCUT2D eigenvalue weighted by molar-refractivity contribution is 14.0. The van der Waals surface area contributed by atoms with E-state index in [1.807, 2.05) is 30.3 Å². The summed E-state index contributed by atoms with van der Waals surface area (Å²) in [5.41, 5.74) is 3.13. The van der Waals surface area contributed by atoms with E-state index in [-0.39, 0.29) is 36.0 Å². The van der Waals surface area contributed by atoms with Crippen molar-refractivity contribution in [2.45, 2.75) is 20.0 Å². The second-order valence-corrected chi connectivity index (χ2v) is 7.02. The van der Waals surface area contributed by atoms with Gasteiger partial charge in [-0.15, -0.1) is 24.0 Å². The van der Waals surface area contributed by atoms with Crippen molar-refractivity contribution in [2.24, 2.45) is 4.99 Å². The van der Waals surface area contributed by atoms with E-state index in [0.717, 1.165) is 25.6 Å². The Morgan fingerprint density at radius 1 is 1.13 bits per heavy atom. The van der Waals surface area contributed by atoms with Gasteiger partial charge in [-0.3, -0.25) is 9.79 Å². The smallest absolute Gasteiger partial charge is 0.251 e. The van der Waals surface area contributed by atoms with Crippen molar-refractivity contribution in [1.29, 1.82) is 0 Å². The monoisotopic (exact) mass is 522 g/mol. The normalized spacial score (nSPS) is 16.5. The summed E-state index contributed by atoms with van der Waals surface area (Å²) in [5, 5.41) is 6.29. The number of benzene rings is 2. The van der Waals surface area contributed by atoms with Crippen LogP contribution in [0.1, 0.15) is 34.5 Å². The Bertz CT molecular complexity index is 829. The lowest BCUT2D eigenvalue weighted by molar-refractivity contribution is -0.00832. The minimum Gasteiger partial charge on any atom is -0.370 e. The zero-order valence-electron chi connectivity index (χ0n) is 17.6. The predicted molar refractivity (Wildman–Crippen MR) is 132 cm³/mol. The van der Waals surface area contributed by atoms with Crippen LogP contribution in [0.4, 0.5) is 0 Å². The first-order valence-electron chi connectivity index (χ1n) is 10.2. The highest BCUT2D eigenvalue weighted by Crippen LogP contribution is 2.24. The Morgan fingerprint density at radius 3 is 2.60 bits per heavy atom. The molecular formula is C23H31IN4O2. The van der Waals surface area contributed by atoms with E-state index in [1.165, 1.54) is 11.1 Å². The molecule has 1 aliphatic rings. The molecule has 162 valence electrons. The maximum absolute atomic E-state index is 12.1. The molecule has 0 aliphatic carbocycles. The number of nitrogens with one attached hydrogen (secondary N) is 2. The van der Waals surface area contributed by atoms with Crippen LogP contribution < -0.4 is 10.6 Å². The molecular weight excluding hydrogens is 491 g/mol. The van der Waals surface area contributed by atoms with E-state index in [2.05, 4.69) is 53.6 Å². The van der Waals surface area contributed by atoms with E-state index in [9.17, 15) is 4.79 Å². The van der Waals surface area contributed by atoms with Gasteiger partial charge in [-0.05, 0) is 37.1 Å². The molecule has 1 heterocycles. The summed E-state index contributed by atoms with van der Waals surface area (Å²) in [5.74, 6) is 0.792. The third-order valence-corrected chi connectivity index (χ3v) is 4.93. The van der Waals surface area contributed by atoms with Crippen molar-refractivity contribution < 1.29 is 9.53 Å². The Balaban J connectivity index is 0.00000320. The van der Waals surface area contributed by atoms with Crippen LogP contribution in [-0.2, 0) is 4.74 Å². The summed E-state index contributed by atoms with van der Waals surface area (Å²) >= 11 is 0. The van der Waals surface area contributed by atoms with Gasteiger partial charge in [0.15, 0.2) is 5.96 Å². The van der Waals surface area contributed by atoms with E-state index in [0.29, 0.717) is 25.3 Å². The molecule has 0 radical (unpaired) electrons. The fraction of sp³-hybridized carbons (Fsp3) is 0.391. The van der Waals surface area contributed by atoms with E-state index < -0.39 is 0 Å². The number of hydrogen-bond acceptors (Lipinski definition) is 3. The second-order valence-electron chi connectivity index (χ2n) is 7.02. The van der Waals surface area contributed by atoms with Gasteiger partial charge in [-0.1, -0.05) is 42.5 Å². The van der Waals surface area contributed by atoms with Gasteiger partial charge in [0, 0.05) is 25.2 Å². The molecule has 2 aromatic carbocycles. The SMILES string of the molecule is CCNC(=NCCNC(=O)c1ccccc1)N1CCOC(c2ccccc2C)C1.I. The standard InChI is InChI=1S/C23H30N4O2.HI/c1-3-24-23(26-14-13-25-22(28)19-10-5-4-6-11-19)27-15-16-29-21(17-27)20-12-8-7-9-18(20)2;/h4-12,21H,3,13-17H2,1-2H3,(H,24,26)(H,25,28);1H. The highest BCUT2D eigenvalue weighted by Gasteiger charge is 2.25. The Kier molecular flexibility index (Phi) is 10.1. The number of ether oxygens (including phenoxy) is 1. The summed E-state index contributed by atoms with van der Waals surface area (Å²) in [4.78, 5) is 19.1. The molecule has 1 fully saturated rings. The second kappa shape index (κ2) is 12.5. The van der Waals surface area contributed by atoms with Crippen LogP contribution in [0.2, 0.25) is 0 Å². The minimum absolute atomic E-state index is 0. The number of aryl methyl sites for hydroxylation is 1. The fourth-order valence-corrected chi connectivity index (χ4v) is 3.43. The molecule has 1 aliphatic heterocycles. The summed E-state index contributed by atoms with van der Waals surface area (Å²) in [6.45, 7) is 8.20. The van der Waals surface area contributed by atoms with Crippen LogP contribution in [-0.4, -0.2) is 56.1 Å². The first-order chi connectivity index (χ1) is 14.2. The molecule has 7 heteroatoms. The average molecular weight is 522 g/mol. The predicted octanol–water partition coefficient (Wildman–Crippen LogP) is 3.38. The van der Waals surface area contributed by atoms with Gasteiger partial charge in [-0.25, -0.2) is 0 Å². The molecule has 2 N–H and O–H groups in total. The highest BCUT2D eigenvalue weighted by atomic mass is 127. The van der Waals surface area contributed by atoms with E-state index >= 15 is 0 Å². The molecule has 3 rings (SSSR count). The third kappa shape index (κ3) is 6.70.